The standard InChI is InChI=1S/C48H32N2/c1-2-12-33(13-3-1)35-24-28-38(29-25-35)49(39-30-26-34-14-4-5-16-37(34)32-39)45-22-10-20-42-41(45)19-11-23-47(42)50-46-21-9-8-18-43(46)44-31-27-36-15-6-7-17-40(36)48(44)50/h1-32H. The molecular formula is C48H32N2. The van der Waals surface area contributed by atoms with Crippen molar-refractivity contribution in [1.29, 1.82) is 0 Å². The van der Waals surface area contributed by atoms with E-state index in [4.69, 9.17) is 0 Å². The molecule has 2 heteroatoms. The first-order valence-electron chi connectivity index (χ1n) is 17.2. The topological polar surface area (TPSA) is 8.17 Å². The van der Waals surface area contributed by atoms with Crippen molar-refractivity contribution >= 4 is 71.2 Å². The van der Waals surface area contributed by atoms with Crippen LogP contribution in [0.15, 0.2) is 194 Å². The van der Waals surface area contributed by atoms with E-state index in [1.807, 2.05) is 0 Å². The Morgan fingerprint density at radius 1 is 0.340 bits per heavy atom. The average molecular weight is 637 g/mol. The van der Waals surface area contributed by atoms with Gasteiger partial charge in [-0.1, -0.05) is 152 Å². The Hall–Kier alpha value is -6.64. The molecule has 9 aromatic carbocycles. The van der Waals surface area contributed by atoms with Gasteiger partial charge < -0.3 is 9.47 Å². The predicted octanol–water partition coefficient (Wildman–Crippen LogP) is 13.4. The largest absolute Gasteiger partial charge is 0.310 e. The lowest BCUT2D eigenvalue weighted by atomic mass is 10.0. The fourth-order valence-corrected chi connectivity index (χ4v) is 7.82. The number of aromatic nitrogens is 1. The van der Waals surface area contributed by atoms with E-state index < -0.39 is 0 Å². The first kappa shape index (κ1) is 28.4. The minimum atomic E-state index is 1.11. The van der Waals surface area contributed by atoms with Crippen molar-refractivity contribution in [2.24, 2.45) is 0 Å². The van der Waals surface area contributed by atoms with Crippen LogP contribution in [0.4, 0.5) is 17.1 Å². The second kappa shape index (κ2) is 11.5. The summed E-state index contributed by atoms with van der Waals surface area (Å²) in [4.78, 5) is 2.41. The molecule has 2 nitrogen and oxygen atoms in total. The maximum absolute atomic E-state index is 2.48. The molecule has 0 radical (unpaired) electrons. The van der Waals surface area contributed by atoms with Crippen LogP contribution in [0, 0.1) is 0 Å². The van der Waals surface area contributed by atoms with Crippen molar-refractivity contribution in [2.75, 3.05) is 4.90 Å². The minimum Gasteiger partial charge on any atom is -0.310 e. The molecule has 50 heavy (non-hydrogen) atoms. The molecule has 1 aromatic heterocycles. The maximum atomic E-state index is 2.48. The molecule has 0 aliphatic rings. The van der Waals surface area contributed by atoms with Gasteiger partial charge in [-0.2, -0.15) is 0 Å². The van der Waals surface area contributed by atoms with E-state index in [0.717, 1.165) is 17.1 Å². The highest BCUT2D eigenvalue weighted by molar-refractivity contribution is 6.19. The molecule has 0 atom stereocenters. The third-order valence-corrected chi connectivity index (χ3v) is 10.1. The molecule has 0 aliphatic carbocycles. The fraction of sp³-hybridized carbons (Fsp3) is 0. The Balaban J connectivity index is 1.23. The van der Waals surface area contributed by atoms with Crippen molar-refractivity contribution in [3.05, 3.63) is 194 Å². The molecule has 10 aromatic rings. The van der Waals surface area contributed by atoms with Crippen LogP contribution in [-0.2, 0) is 0 Å². The number of hydrogen-bond acceptors (Lipinski definition) is 1. The van der Waals surface area contributed by atoms with Gasteiger partial charge in [0.25, 0.3) is 0 Å². The molecule has 1 heterocycles. The van der Waals surface area contributed by atoms with Crippen LogP contribution in [0.5, 0.6) is 0 Å². The molecule has 234 valence electrons. The Morgan fingerprint density at radius 2 is 0.960 bits per heavy atom. The molecule has 10 rings (SSSR count). The quantitative estimate of drug-likeness (QED) is 0.182. The van der Waals surface area contributed by atoms with E-state index in [1.165, 1.54) is 70.9 Å². The lowest BCUT2D eigenvalue weighted by Gasteiger charge is -2.28. The zero-order valence-electron chi connectivity index (χ0n) is 27.4. The van der Waals surface area contributed by atoms with Gasteiger partial charge in [-0.25, -0.2) is 0 Å². The third-order valence-electron chi connectivity index (χ3n) is 10.1. The minimum absolute atomic E-state index is 1.11. The first-order chi connectivity index (χ1) is 24.8. The molecule has 0 saturated carbocycles. The van der Waals surface area contributed by atoms with Crippen molar-refractivity contribution in [3.8, 4) is 16.8 Å². The predicted molar refractivity (Wildman–Crippen MR) is 213 cm³/mol. The fourth-order valence-electron chi connectivity index (χ4n) is 7.82. The number of rotatable bonds is 5. The van der Waals surface area contributed by atoms with Gasteiger partial charge in [0, 0.05) is 38.3 Å². The molecule has 0 fully saturated rings. The summed E-state index contributed by atoms with van der Waals surface area (Å²) in [6.07, 6.45) is 0. The smallest absolute Gasteiger partial charge is 0.0619 e. The number of anilines is 3. The van der Waals surface area contributed by atoms with Crippen LogP contribution >= 0.6 is 0 Å². The van der Waals surface area contributed by atoms with Gasteiger partial charge in [0.1, 0.15) is 0 Å². The van der Waals surface area contributed by atoms with E-state index in [1.54, 1.807) is 0 Å². The summed E-state index contributed by atoms with van der Waals surface area (Å²) >= 11 is 0. The highest BCUT2D eigenvalue weighted by Gasteiger charge is 2.20. The Bertz CT molecular complexity index is 2860. The first-order valence-corrected chi connectivity index (χ1v) is 17.2. The molecule has 0 N–H and O–H groups in total. The summed E-state index contributed by atoms with van der Waals surface area (Å²) < 4.78 is 2.48. The van der Waals surface area contributed by atoms with Gasteiger partial charge in [-0.3, -0.25) is 0 Å². The van der Waals surface area contributed by atoms with Gasteiger partial charge in [-0.15, -0.1) is 0 Å². The van der Waals surface area contributed by atoms with Crippen molar-refractivity contribution in [3.63, 3.8) is 0 Å². The summed E-state index contributed by atoms with van der Waals surface area (Å²) in [5.74, 6) is 0. The second-order valence-corrected chi connectivity index (χ2v) is 13.0. The zero-order chi connectivity index (χ0) is 33.0. The van der Waals surface area contributed by atoms with Crippen LogP contribution in [0.3, 0.4) is 0 Å². The SMILES string of the molecule is c1ccc(-c2ccc(N(c3ccc4ccccc4c3)c3cccc4c(-n5c6ccccc6c6ccc7ccccc7c65)cccc34)cc2)cc1. The van der Waals surface area contributed by atoms with Gasteiger partial charge >= 0.3 is 0 Å². The summed E-state index contributed by atoms with van der Waals surface area (Å²) in [5.41, 5.74) is 9.40. The van der Waals surface area contributed by atoms with Crippen molar-refractivity contribution in [2.45, 2.75) is 0 Å². The number of para-hydroxylation sites is 1. The van der Waals surface area contributed by atoms with Gasteiger partial charge in [-0.05, 0) is 69.8 Å². The highest BCUT2D eigenvalue weighted by atomic mass is 15.1. The van der Waals surface area contributed by atoms with Crippen LogP contribution < -0.4 is 4.90 Å². The second-order valence-electron chi connectivity index (χ2n) is 13.0. The summed E-state index contributed by atoms with van der Waals surface area (Å²) in [7, 11) is 0. The number of nitrogens with zero attached hydrogens (tertiary/aromatic N) is 2. The average Bonchev–Trinajstić information content (AvgIpc) is 3.53. The monoisotopic (exact) mass is 636 g/mol. The number of fused-ring (bicyclic) bond motifs is 7. The lowest BCUT2D eigenvalue weighted by molar-refractivity contribution is 1.20. The van der Waals surface area contributed by atoms with E-state index in [2.05, 4.69) is 204 Å². The van der Waals surface area contributed by atoms with Crippen LogP contribution in [0.1, 0.15) is 0 Å². The van der Waals surface area contributed by atoms with Crippen LogP contribution in [0.2, 0.25) is 0 Å². The Labute approximate surface area is 290 Å². The van der Waals surface area contributed by atoms with Gasteiger partial charge in [0.2, 0.25) is 0 Å². The normalized spacial score (nSPS) is 11.6. The molecule has 0 saturated heterocycles. The van der Waals surface area contributed by atoms with E-state index in [9.17, 15) is 0 Å². The van der Waals surface area contributed by atoms with E-state index in [-0.39, 0.29) is 0 Å². The maximum Gasteiger partial charge on any atom is 0.0619 e. The van der Waals surface area contributed by atoms with Crippen LogP contribution in [-0.4, -0.2) is 4.57 Å². The van der Waals surface area contributed by atoms with Gasteiger partial charge in [0.15, 0.2) is 0 Å². The number of hydrogen-bond donors (Lipinski definition) is 0. The summed E-state index contributed by atoms with van der Waals surface area (Å²) in [5, 5.41) is 9.87. The lowest BCUT2D eigenvalue weighted by Crippen LogP contribution is -2.10. The molecule has 0 amide bonds. The highest BCUT2D eigenvalue weighted by Crippen LogP contribution is 2.43. The Kier molecular flexibility index (Phi) is 6.53. The molecule has 0 bridgehead atoms. The van der Waals surface area contributed by atoms with Crippen molar-refractivity contribution in [1.82, 2.24) is 4.57 Å². The number of benzene rings is 9. The molecule has 0 spiro atoms. The van der Waals surface area contributed by atoms with E-state index in [0.29, 0.717) is 0 Å². The van der Waals surface area contributed by atoms with Gasteiger partial charge in [0.05, 0.1) is 22.4 Å². The zero-order valence-corrected chi connectivity index (χ0v) is 27.4. The van der Waals surface area contributed by atoms with E-state index >= 15 is 0 Å². The molecular weight excluding hydrogens is 605 g/mol. The third kappa shape index (κ3) is 4.50. The van der Waals surface area contributed by atoms with Crippen LogP contribution in [0.25, 0.3) is 70.9 Å². The van der Waals surface area contributed by atoms with Crippen molar-refractivity contribution < 1.29 is 0 Å². The Morgan fingerprint density at radius 3 is 1.82 bits per heavy atom. The molecule has 0 unspecified atom stereocenters. The molecule has 0 aliphatic heterocycles. The summed E-state index contributed by atoms with van der Waals surface area (Å²) in [6, 6.07) is 70.5. The summed E-state index contributed by atoms with van der Waals surface area (Å²) in [6.45, 7) is 0.